The Labute approximate surface area is 96.3 Å². The summed E-state index contributed by atoms with van der Waals surface area (Å²) in [6.07, 6.45) is 6.48. The van der Waals surface area contributed by atoms with E-state index in [1.165, 1.54) is 6.42 Å². The van der Waals surface area contributed by atoms with Crippen molar-refractivity contribution in [2.24, 2.45) is 0 Å². The molecule has 2 fully saturated rings. The maximum Gasteiger partial charge on any atom is 0.320 e. The monoisotopic (exact) mass is 227 g/mol. The van der Waals surface area contributed by atoms with Crippen LogP contribution in [0.4, 0.5) is 0 Å². The number of likely N-dealkylation sites (tertiary alicyclic amines) is 1. The van der Waals surface area contributed by atoms with Crippen molar-refractivity contribution < 1.29 is 15.0 Å². The van der Waals surface area contributed by atoms with Crippen molar-refractivity contribution >= 4 is 5.97 Å². The van der Waals surface area contributed by atoms with Gasteiger partial charge in [-0.05, 0) is 32.2 Å². The number of hydrogen-bond donors (Lipinski definition) is 2. The van der Waals surface area contributed by atoms with E-state index >= 15 is 0 Å². The average molecular weight is 227 g/mol. The SMILES string of the molecule is O=C(O)C1CCCN1C1CCCCCC1O. The summed E-state index contributed by atoms with van der Waals surface area (Å²) in [5.41, 5.74) is 0. The van der Waals surface area contributed by atoms with Gasteiger partial charge in [0, 0.05) is 6.04 Å². The molecule has 1 saturated heterocycles. The largest absolute Gasteiger partial charge is 0.480 e. The normalized spacial score (nSPS) is 37.2. The molecule has 4 heteroatoms. The predicted octanol–water partition coefficient (Wildman–Crippen LogP) is 1.23. The molecular formula is C12H21NO3. The molecule has 0 radical (unpaired) electrons. The number of nitrogens with zero attached hydrogens (tertiary/aromatic N) is 1. The van der Waals surface area contributed by atoms with E-state index in [1.807, 2.05) is 4.90 Å². The molecule has 2 N–H and O–H groups in total. The van der Waals surface area contributed by atoms with Gasteiger partial charge in [-0.1, -0.05) is 19.3 Å². The van der Waals surface area contributed by atoms with Crippen molar-refractivity contribution in [3.05, 3.63) is 0 Å². The quantitative estimate of drug-likeness (QED) is 0.697. The first-order valence-electron chi connectivity index (χ1n) is 6.37. The van der Waals surface area contributed by atoms with Gasteiger partial charge in [0.25, 0.3) is 0 Å². The minimum absolute atomic E-state index is 0.0751. The van der Waals surface area contributed by atoms with Crippen LogP contribution >= 0.6 is 0 Å². The van der Waals surface area contributed by atoms with Gasteiger partial charge in [0.05, 0.1) is 6.10 Å². The molecule has 1 heterocycles. The lowest BCUT2D eigenvalue weighted by Gasteiger charge is -2.33. The van der Waals surface area contributed by atoms with Gasteiger partial charge < -0.3 is 10.2 Å². The van der Waals surface area contributed by atoms with Gasteiger partial charge in [0.2, 0.25) is 0 Å². The third-order valence-corrected chi connectivity index (χ3v) is 3.95. The smallest absolute Gasteiger partial charge is 0.320 e. The third kappa shape index (κ3) is 2.38. The summed E-state index contributed by atoms with van der Waals surface area (Å²) < 4.78 is 0. The lowest BCUT2D eigenvalue weighted by atomic mass is 10.0. The molecule has 0 spiro atoms. The van der Waals surface area contributed by atoms with Gasteiger partial charge in [-0.3, -0.25) is 9.69 Å². The number of aliphatic carboxylic acids is 1. The molecule has 3 unspecified atom stereocenters. The Morgan fingerprint density at radius 3 is 2.56 bits per heavy atom. The van der Waals surface area contributed by atoms with E-state index in [-0.39, 0.29) is 18.2 Å². The summed E-state index contributed by atoms with van der Waals surface area (Å²) in [7, 11) is 0. The lowest BCUT2D eigenvalue weighted by molar-refractivity contribution is -0.143. The Morgan fingerprint density at radius 1 is 1.06 bits per heavy atom. The topological polar surface area (TPSA) is 60.8 Å². The summed E-state index contributed by atoms with van der Waals surface area (Å²) in [6, 6.07) is -0.288. The van der Waals surface area contributed by atoms with Gasteiger partial charge >= 0.3 is 5.97 Å². The molecule has 0 aromatic heterocycles. The van der Waals surface area contributed by atoms with Crippen molar-refractivity contribution in [1.29, 1.82) is 0 Å². The maximum absolute atomic E-state index is 11.1. The van der Waals surface area contributed by atoms with Crippen LogP contribution in [-0.2, 0) is 4.79 Å². The fourth-order valence-corrected chi connectivity index (χ4v) is 3.11. The fourth-order valence-electron chi connectivity index (χ4n) is 3.11. The molecule has 0 aromatic rings. The molecule has 0 aromatic carbocycles. The molecular weight excluding hydrogens is 206 g/mol. The van der Waals surface area contributed by atoms with Crippen LogP contribution in [-0.4, -0.2) is 45.8 Å². The van der Waals surface area contributed by atoms with Crippen molar-refractivity contribution in [2.75, 3.05) is 6.54 Å². The Morgan fingerprint density at radius 2 is 1.81 bits per heavy atom. The van der Waals surface area contributed by atoms with Crippen LogP contribution in [0.1, 0.15) is 44.9 Å². The zero-order valence-corrected chi connectivity index (χ0v) is 9.64. The molecule has 92 valence electrons. The second-order valence-electron chi connectivity index (χ2n) is 5.01. The zero-order valence-electron chi connectivity index (χ0n) is 9.64. The molecule has 0 amide bonds. The van der Waals surface area contributed by atoms with Crippen molar-refractivity contribution in [2.45, 2.75) is 63.1 Å². The summed E-state index contributed by atoms with van der Waals surface area (Å²) in [4.78, 5) is 13.2. The Kier molecular flexibility index (Phi) is 3.82. The highest BCUT2D eigenvalue weighted by Gasteiger charge is 2.38. The van der Waals surface area contributed by atoms with E-state index in [4.69, 9.17) is 5.11 Å². The van der Waals surface area contributed by atoms with E-state index < -0.39 is 5.97 Å². The molecule has 2 rings (SSSR count). The van der Waals surface area contributed by atoms with E-state index in [9.17, 15) is 9.90 Å². The second kappa shape index (κ2) is 5.15. The summed E-state index contributed by atoms with van der Waals surface area (Å²) >= 11 is 0. The molecule has 0 bridgehead atoms. The van der Waals surface area contributed by atoms with Crippen LogP contribution in [0.2, 0.25) is 0 Å². The lowest BCUT2D eigenvalue weighted by Crippen LogP contribution is -2.48. The summed E-state index contributed by atoms with van der Waals surface area (Å²) in [6.45, 7) is 0.832. The first kappa shape index (κ1) is 11.9. The highest BCUT2D eigenvalue weighted by atomic mass is 16.4. The second-order valence-corrected chi connectivity index (χ2v) is 5.01. The first-order valence-corrected chi connectivity index (χ1v) is 6.37. The molecule has 3 atom stereocenters. The third-order valence-electron chi connectivity index (χ3n) is 3.95. The number of hydrogen-bond acceptors (Lipinski definition) is 3. The van der Waals surface area contributed by atoms with Crippen LogP contribution in [0.5, 0.6) is 0 Å². The number of aliphatic hydroxyl groups is 1. The Hall–Kier alpha value is -0.610. The van der Waals surface area contributed by atoms with Crippen LogP contribution in [0, 0.1) is 0 Å². The Bertz CT molecular complexity index is 257. The molecule has 1 aliphatic heterocycles. The molecule has 1 aliphatic carbocycles. The highest BCUT2D eigenvalue weighted by molar-refractivity contribution is 5.73. The highest BCUT2D eigenvalue weighted by Crippen LogP contribution is 2.28. The molecule has 1 saturated carbocycles. The van der Waals surface area contributed by atoms with Crippen LogP contribution in [0.25, 0.3) is 0 Å². The van der Waals surface area contributed by atoms with Crippen LogP contribution in [0.3, 0.4) is 0 Å². The molecule has 2 aliphatic rings. The van der Waals surface area contributed by atoms with Gasteiger partial charge in [0.15, 0.2) is 0 Å². The number of rotatable bonds is 2. The van der Waals surface area contributed by atoms with Gasteiger partial charge in [-0.25, -0.2) is 0 Å². The van der Waals surface area contributed by atoms with Gasteiger partial charge in [0.1, 0.15) is 6.04 Å². The summed E-state index contributed by atoms with van der Waals surface area (Å²) in [5, 5.41) is 19.2. The minimum atomic E-state index is -0.728. The number of carbonyl (C=O) groups is 1. The number of carboxylic acids is 1. The van der Waals surface area contributed by atoms with E-state index in [1.54, 1.807) is 0 Å². The zero-order chi connectivity index (χ0) is 11.5. The molecule has 4 nitrogen and oxygen atoms in total. The predicted molar refractivity (Wildman–Crippen MR) is 60.2 cm³/mol. The summed E-state index contributed by atoms with van der Waals surface area (Å²) in [5.74, 6) is -0.728. The number of carboxylic acid groups (broad SMARTS) is 1. The molecule has 16 heavy (non-hydrogen) atoms. The van der Waals surface area contributed by atoms with Gasteiger partial charge in [-0.2, -0.15) is 0 Å². The first-order chi connectivity index (χ1) is 7.70. The Balaban J connectivity index is 2.06. The van der Waals surface area contributed by atoms with Crippen molar-refractivity contribution in [3.63, 3.8) is 0 Å². The van der Waals surface area contributed by atoms with Crippen LogP contribution in [0.15, 0.2) is 0 Å². The van der Waals surface area contributed by atoms with E-state index in [0.29, 0.717) is 0 Å². The standard InChI is InChI=1S/C12H21NO3/c14-11-7-3-1-2-5-9(11)13-8-4-6-10(13)12(15)16/h9-11,14H,1-8H2,(H,15,16). The van der Waals surface area contributed by atoms with Gasteiger partial charge in [-0.15, -0.1) is 0 Å². The number of aliphatic hydroxyl groups excluding tert-OH is 1. The van der Waals surface area contributed by atoms with Crippen molar-refractivity contribution in [1.82, 2.24) is 4.90 Å². The van der Waals surface area contributed by atoms with Crippen molar-refractivity contribution in [3.8, 4) is 0 Å². The van der Waals surface area contributed by atoms with Crippen LogP contribution < -0.4 is 0 Å². The van der Waals surface area contributed by atoms with E-state index in [2.05, 4.69) is 0 Å². The minimum Gasteiger partial charge on any atom is -0.480 e. The van der Waals surface area contributed by atoms with E-state index in [0.717, 1.165) is 45.1 Å². The fraction of sp³-hybridized carbons (Fsp3) is 0.917. The maximum atomic E-state index is 11.1. The average Bonchev–Trinajstić information content (AvgIpc) is 2.63.